The van der Waals surface area contributed by atoms with Crippen LogP contribution in [0, 0.1) is 47.3 Å². The third kappa shape index (κ3) is 8.96. The van der Waals surface area contributed by atoms with Crippen molar-refractivity contribution in [3.63, 3.8) is 0 Å². The van der Waals surface area contributed by atoms with Crippen molar-refractivity contribution in [2.45, 2.75) is 223 Å². The van der Waals surface area contributed by atoms with E-state index >= 15 is 0 Å². The van der Waals surface area contributed by atoms with Gasteiger partial charge in [-0.25, -0.2) is 13.1 Å². The maximum Gasteiger partial charge on any atom is 0.211 e. The molecule has 0 aromatic carbocycles. The average Bonchev–Trinajstić information content (AvgIpc) is 3.94. The van der Waals surface area contributed by atoms with Crippen LogP contribution in [0.2, 0.25) is 0 Å². The van der Waals surface area contributed by atoms with E-state index in [1.807, 2.05) is 0 Å². The Morgan fingerprint density at radius 1 is 0.393 bits per heavy atom. The van der Waals surface area contributed by atoms with E-state index in [2.05, 4.69) is 54.2 Å². The van der Waals surface area contributed by atoms with Gasteiger partial charge in [0.1, 0.15) is 0 Å². The smallest absolute Gasteiger partial charge is 0.211 e. The molecule has 4 aliphatic carbocycles. The van der Waals surface area contributed by atoms with Crippen molar-refractivity contribution in [1.82, 2.24) is 47.3 Å². The standard InChI is InChI=1S/C44H81N9O2S/c1-2-3-4-5-6-7-8-9-10-17-27-56(54,55)53-35-26-18-25-34-36(35)44-51-42-33-24-16-15-23-32(33)40(49-42)47-38-29-20-12-11-19-28(29)37(45-38)46-39-30-21-13-14-22-31(30)41(48-39)50-43(34)52-44/h28-53H,2-27H2,1H3. The second-order valence-electron chi connectivity index (χ2n) is 20.4. The molecule has 17 unspecified atom stereocenters. The number of sulfonamides is 1. The van der Waals surface area contributed by atoms with E-state index in [0.29, 0.717) is 59.9 Å². The molecule has 0 aromatic rings. The highest BCUT2D eigenvalue weighted by Crippen LogP contribution is 2.46. The van der Waals surface area contributed by atoms with Crippen LogP contribution in [0.25, 0.3) is 0 Å². The highest BCUT2D eigenvalue weighted by atomic mass is 32.2. The van der Waals surface area contributed by atoms with Gasteiger partial charge in [0.2, 0.25) is 10.0 Å². The lowest BCUT2D eigenvalue weighted by atomic mass is 9.75. The number of rotatable bonds is 13. The van der Waals surface area contributed by atoms with Crippen molar-refractivity contribution in [2.24, 2.45) is 47.3 Å². The molecule has 56 heavy (non-hydrogen) atoms. The van der Waals surface area contributed by atoms with Crippen molar-refractivity contribution in [3.8, 4) is 0 Å². The number of hydrogen-bond donors (Lipinski definition) is 9. The van der Waals surface area contributed by atoms with E-state index in [-0.39, 0.29) is 48.5 Å². The van der Waals surface area contributed by atoms with Crippen molar-refractivity contribution in [2.75, 3.05) is 5.75 Å². The fraction of sp³-hybridized carbons (Fsp3) is 1.00. The van der Waals surface area contributed by atoms with E-state index in [1.165, 1.54) is 122 Å². The molecular weight excluding hydrogens is 719 g/mol. The summed E-state index contributed by atoms with van der Waals surface area (Å²) in [6.07, 6.45) is 32.9. The molecule has 320 valence electrons. The Bertz CT molecular complexity index is 1370. The first-order valence-corrected chi connectivity index (χ1v) is 26.2. The molecular formula is C44H81N9O2S. The molecule has 0 amide bonds. The van der Waals surface area contributed by atoms with Gasteiger partial charge in [-0.15, -0.1) is 0 Å². The highest BCUT2D eigenvalue weighted by molar-refractivity contribution is 7.89. The molecule has 9 rings (SSSR count). The van der Waals surface area contributed by atoms with Gasteiger partial charge in [0.25, 0.3) is 0 Å². The first-order valence-electron chi connectivity index (χ1n) is 24.5. The van der Waals surface area contributed by atoms with Gasteiger partial charge >= 0.3 is 0 Å². The molecule has 0 radical (unpaired) electrons. The molecule has 11 nitrogen and oxygen atoms in total. The third-order valence-corrected chi connectivity index (χ3v) is 18.5. The molecule has 5 heterocycles. The second kappa shape index (κ2) is 18.7. The number of nitrogens with one attached hydrogen (secondary N) is 9. The lowest BCUT2D eigenvalue weighted by Crippen LogP contribution is -2.62. The van der Waals surface area contributed by atoms with Crippen molar-refractivity contribution in [1.29, 1.82) is 0 Å². The predicted molar refractivity (Wildman–Crippen MR) is 225 cm³/mol. The van der Waals surface area contributed by atoms with E-state index in [1.54, 1.807) is 0 Å². The summed E-state index contributed by atoms with van der Waals surface area (Å²) >= 11 is 0. The quantitative estimate of drug-likeness (QED) is 0.111. The molecule has 9 fully saturated rings. The van der Waals surface area contributed by atoms with Gasteiger partial charge in [-0.2, -0.15) is 0 Å². The van der Waals surface area contributed by atoms with Crippen molar-refractivity contribution in [3.05, 3.63) is 0 Å². The molecule has 4 saturated carbocycles. The molecule has 12 heteroatoms. The third-order valence-electron chi connectivity index (χ3n) is 17.0. The predicted octanol–water partition coefficient (Wildman–Crippen LogP) is 5.42. The van der Waals surface area contributed by atoms with Gasteiger partial charge in [-0.05, 0) is 99.2 Å². The van der Waals surface area contributed by atoms with Crippen LogP contribution in [-0.2, 0) is 10.0 Å². The number of fused-ring (bicyclic) bond motifs is 20. The maximum absolute atomic E-state index is 13.8. The summed E-state index contributed by atoms with van der Waals surface area (Å²) in [4.78, 5) is 0. The SMILES string of the molecule is CCCCCCCCCCCCS(=O)(=O)NC1CCCC2C3NC4NC(NC5NC(NC6NC(NC(N3)C12)C1CCCCC61)C1CCCCC51)C1CCCCC41. The largest absolute Gasteiger partial charge is 0.286 e. The zero-order valence-electron chi connectivity index (χ0n) is 34.9. The Hall–Kier alpha value is -0.410. The molecule has 5 saturated heterocycles. The monoisotopic (exact) mass is 800 g/mol. The number of unbranched alkanes of at least 4 members (excludes halogenated alkanes) is 9. The fourth-order valence-electron chi connectivity index (χ4n) is 14.3. The van der Waals surface area contributed by atoms with Crippen LogP contribution < -0.4 is 47.3 Å². The lowest BCUT2D eigenvalue weighted by molar-refractivity contribution is 0.151. The fourth-order valence-corrected chi connectivity index (χ4v) is 15.7. The van der Waals surface area contributed by atoms with Crippen LogP contribution in [0.5, 0.6) is 0 Å². The molecule has 9 N–H and O–H groups in total. The van der Waals surface area contributed by atoms with Crippen molar-refractivity contribution >= 4 is 10.0 Å². The summed E-state index contributed by atoms with van der Waals surface area (Å²) in [6, 6.07) is -0.0465. The molecule has 0 aromatic heterocycles. The van der Waals surface area contributed by atoms with E-state index in [9.17, 15) is 8.42 Å². The van der Waals surface area contributed by atoms with Gasteiger partial charge in [0, 0.05) is 12.0 Å². The normalized spacial score (nSPS) is 46.2. The molecule has 0 spiro atoms. The van der Waals surface area contributed by atoms with Gasteiger partial charge < -0.3 is 0 Å². The lowest BCUT2D eigenvalue weighted by Gasteiger charge is -2.39. The first kappa shape index (κ1) is 41.0. The molecule has 9 aliphatic rings. The van der Waals surface area contributed by atoms with Crippen LogP contribution in [0.1, 0.15) is 167 Å². The topological polar surface area (TPSA) is 142 Å². The van der Waals surface area contributed by atoms with Gasteiger partial charge in [0.15, 0.2) is 0 Å². The maximum atomic E-state index is 13.8. The summed E-state index contributed by atoms with van der Waals surface area (Å²) in [5.74, 6) is 4.62. The minimum absolute atomic E-state index is 0.0451. The Morgan fingerprint density at radius 2 is 0.714 bits per heavy atom. The molecule has 5 aliphatic heterocycles. The average molecular weight is 800 g/mol. The van der Waals surface area contributed by atoms with E-state index in [0.717, 1.165) is 38.5 Å². The Kier molecular flexibility index (Phi) is 13.7. The van der Waals surface area contributed by atoms with E-state index in [4.69, 9.17) is 0 Å². The van der Waals surface area contributed by atoms with Crippen LogP contribution in [0.3, 0.4) is 0 Å². The van der Waals surface area contributed by atoms with Gasteiger partial charge in [-0.3, -0.25) is 42.5 Å². The van der Waals surface area contributed by atoms with Crippen LogP contribution in [0.15, 0.2) is 0 Å². The summed E-state index contributed by atoms with van der Waals surface area (Å²) in [5.41, 5.74) is 0. The summed E-state index contributed by atoms with van der Waals surface area (Å²) in [7, 11) is -3.37. The van der Waals surface area contributed by atoms with Gasteiger partial charge in [-0.1, -0.05) is 110 Å². The minimum Gasteiger partial charge on any atom is -0.286 e. The summed E-state index contributed by atoms with van der Waals surface area (Å²) < 4.78 is 31.0. The zero-order chi connectivity index (χ0) is 38.1. The molecule has 8 bridgehead atoms. The van der Waals surface area contributed by atoms with Crippen LogP contribution in [-0.4, -0.2) is 69.5 Å². The van der Waals surface area contributed by atoms with Crippen LogP contribution >= 0.6 is 0 Å². The Balaban J connectivity index is 0.922. The summed E-state index contributed by atoms with van der Waals surface area (Å²) in [6.45, 7) is 2.27. The highest BCUT2D eigenvalue weighted by Gasteiger charge is 2.56. The zero-order valence-corrected chi connectivity index (χ0v) is 35.7. The van der Waals surface area contributed by atoms with Crippen molar-refractivity contribution < 1.29 is 8.42 Å². The van der Waals surface area contributed by atoms with E-state index < -0.39 is 10.0 Å². The summed E-state index contributed by atoms with van der Waals surface area (Å²) in [5, 5.41) is 33.7. The second-order valence-corrected chi connectivity index (χ2v) is 22.3. The number of hydrogen-bond acceptors (Lipinski definition) is 10. The Morgan fingerprint density at radius 3 is 1.11 bits per heavy atom. The van der Waals surface area contributed by atoms with Crippen LogP contribution in [0.4, 0.5) is 0 Å². The Labute approximate surface area is 340 Å². The first-order chi connectivity index (χ1) is 27.5. The molecule has 17 atom stereocenters. The van der Waals surface area contributed by atoms with Gasteiger partial charge in [0.05, 0.1) is 55.1 Å². The minimum atomic E-state index is -3.37.